The number of rotatable bonds is 4. The van der Waals surface area contributed by atoms with E-state index in [-0.39, 0.29) is 17.5 Å². The van der Waals surface area contributed by atoms with Crippen molar-refractivity contribution in [3.8, 4) is 0 Å². The standard InChI is InChI=1S/C14H16F2N4O2/c1-7(2)12(13-17-8(3)20-22-13)19-14(21)18-11-5-4-9(15)6-10(11)16/h4-7,12H,1-3H3,(H2,18,19,21)/t12-/m0/s1. The van der Waals surface area contributed by atoms with Crippen LogP contribution in [0.4, 0.5) is 19.3 Å². The summed E-state index contributed by atoms with van der Waals surface area (Å²) < 4.78 is 31.4. The van der Waals surface area contributed by atoms with Gasteiger partial charge in [-0.15, -0.1) is 0 Å². The van der Waals surface area contributed by atoms with E-state index in [9.17, 15) is 13.6 Å². The lowest BCUT2D eigenvalue weighted by molar-refractivity contribution is 0.235. The molecule has 0 saturated heterocycles. The number of hydrogen-bond donors (Lipinski definition) is 2. The molecule has 22 heavy (non-hydrogen) atoms. The van der Waals surface area contributed by atoms with Gasteiger partial charge < -0.3 is 15.2 Å². The molecule has 0 spiro atoms. The number of aryl methyl sites for hydroxylation is 1. The molecule has 2 rings (SSSR count). The molecule has 6 nitrogen and oxygen atoms in total. The van der Waals surface area contributed by atoms with Crippen molar-refractivity contribution in [3.05, 3.63) is 41.5 Å². The van der Waals surface area contributed by atoms with Crippen LogP contribution >= 0.6 is 0 Å². The molecule has 0 fully saturated rings. The summed E-state index contributed by atoms with van der Waals surface area (Å²) >= 11 is 0. The van der Waals surface area contributed by atoms with Crippen LogP contribution in [0.15, 0.2) is 22.7 Å². The first-order valence-corrected chi connectivity index (χ1v) is 6.69. The van der Waals surface area contributed by atoms with Gasteiger partial charge in [0, 0.05) is 6.07 Å². The second kappa shape index (κ2) is 6.50. The predicted octanol–water partition coefficient (Wildman–Crippen LogP) is 3.18. The number of benzene rings is 1. The third-order valence-electron chi connectivity index (χ3n) is 2.94. The minimum atomic E-state index is -0.857. The topological polar surface area (TPSA) is 80.0 Å². The third-order valence-corrected chi connectivity index (χ3v) is 2.94. The number of nitrogens with zero attached hydrogens (tertiary/aromatic N) is 2. The highest BCUT2D eigenvalue weighted by Gasteiger charge is 2.24. The van der Waals surface area contributed by atoms with Gasteiger partial charge in [-0.3, -0.25) is 0 Å². The molecule has 0 aliphatic carbocycles. The fraction of sp³-hybridized carbons (Fsp3) is 0.357. The van der Waals surface area contributed by atoms with Crippen LogP contribution in [-0.4, -0.2) is 16.2 Å². The smallest absolute Gasteiger partial charge is 0.319 e. The summed E-state index contributed by atoms with van der Waals surface area (Å²) in [6, 6.07) is 1.72. The number of hydrogen-bond acceptors (Lipinski definition) is 4. The maximum Gasteiger partial charge on any atom is 0.319 e. The summed E-state index contributed by atoms with van der Waals surface area (Å²) in [5.74, 6) is -0.881. The van der Waals surface area contributed by atoms with Gasteiger partial charge in [0.1, 0.15) is 17.7 Å². The maximum atomic E-state index is 13.5. The van der Waals surface area contributed by atoms with Gasteiger partial charge in [-0.2, -0.15) is 4.98 Å². The first kappa shape index (κ1) is 15.9. The van der Waals surface area contributed by atoms with Crippen molar-refractivity contribution in [2.24, 2.45) is 5.92 Å². The van der Waals surface area contributed by atoms with E-state index in [1.807, 2.05) is 13.8 Å². The summed E-state index contributed by atoms with van der Waals surface area (Å²) in [6.45, 7) is 5.39. The number of carbonyl (C=O) groups is 1. The number of halogens is 2. The van der Waals surface area contributed by atoms with Gasteiger partial charge in [0.05, 0.1) is 5.69 Å². The van der Waals surface area contributed by atoms with Gasteiger partial charge in [0.2, 0.25) is 5.89 Å². The predicted molar refractivity (Wildman–Crippen MR) is 75.1 cm³/mol. The van der Waals surface area contributed by atoms with Gasteiger partial charge in [-0.05, 0) is 25.0 Å². The molecule has 0 saturated carbocycles. The molecule has 1 heterocycles. The van der Waals surface area contributed by atoms with E-state index in [0.717, 1.165) is 12.1 Å². The van der Waals surface area contributed by atoms with Gasteiger partial charge in [-0.25, -0.2) is 13.6 Å². The summed E-state index contributed by atoms with van der Waals surface area (Å²) in [5.41, 5.74) is -0.122. The SMILES string of the molecule is Cc1noc([C@@H](NC(=O)Nc2ccc(F)cc2F)C(C)C)n1. The van der Waals surface area contributed by atoms with E-state index in [0.29, 0.717) is 11.9 Å². The minimum Gasteiger partial charge on any atom is -0.337 e. The van der Waals surface area contributed by atoms with Crippen molar-refractivity contribution in [3.63, 3.8) is 0 Å². The lowest BCUT2D eigenvalue weighted by Gasteiger charge is -2.19. The first-order chi connectivity index (χ1) is 10.4. The number of carbonyl (C=O) groups excluding carboxylic acids is 1. The highest BCUT2D eigenvalue weighted by Crippen LogP contribution is 2.21. The summed E-state index contributed by atoms with van der Waals surface area (Å²) in [7, 11) is 0. The number of anilines is 1. The lowest BCUT2D eigenvalue weighted by Crippen LogP contribution is -2.35. The van der Waals surface area contributed by atoms with Crippen LogP contribution in [0.1, 0.15) is 31.6 Å². The summed E-state index contributed by atoms with van der Waals surface area (Å²) in [6.07, 6.45) is 0. The van der Waals surface area contributed by atoms with E-state index < -0.39 is 23.7 Å². The molecule has 0 radical (unpaired) electrons. The molecule has 8 heteroatoms. The Kier molecular flexibility index (Phi) is 4.69. The molecule has 2 aromatic rings. The highest BCUT2D eigenvalue weighted by atomic mass is 19.1. The molecular formula is C14H16F2N4O2. The average Bonchev–Trinajstić information content (AvgIpc) is 2.85. The van der Waals surface area contributed by atoms with Crippen LogP contribution in [0.2, 0.25) is 0 Å². The van der Waals surface area contributed by atoms with Gasteiger partial charge in [0.15, 0.2) is 5.82 Å². The summed E-state index contributed by atoms with van der Waals surface area (Å²) in [5, 5.41) is 8.62. The van der Waals surface area contributed by atoms with E-state index in [1.54, 1.807) is 6.92 Å². The Morgan fingerprint density at radius 1 is 1.32 bits per heavy atom. The monoisotopic (exact) mass is 310 g/mol. The van der Waals surface area contributed by atoms with Crippen molar-refractivity contribution in [2.45, 2.75) is 26.8 Å². The zero-order chi connectivity index (χ0) is 16.3. The minimum absolute atomic E-state index is 0.0244. The van der Waals surface area contributed by atoms with Crippen LogP contribution < -0.4 is 10.6 Å². The zero-order valence-electron chi connectivity index (χ0n) is 12.4. The molecule has 0 aliphatic rings. The molecule has 1 aromatic carbocycles. The van der Waals surface area contributed by atoms with Gasteiger partial charge >= 0.3 is 6.03 Å². The zero-order valence-corrected chi connectivity index (χ0v) is 12.4. The third kappa shape index (κ3) is 3.78. The molecule has 1 aromatic heterocycles. The Bertz CT molecular complexity index is 673. The number of aromatic nitrogens is 2. The van der Waals surface area contributed by atoms with E-state index in [1.165, 1.54) is 0 Å². The van der Waals surface area contributed by atoms with Crippen molar-refractivity contribution in [1.82, 2.24) is 15.5 Å². The van der Waals surface area contributed by atoms with Gasteiger partial charge in [0.25, 0.3) is 0 Å². The summed E-state index contributed by atoms with van der Waals surface area (Å²) in [4.78, 5) is 16.0. The first-order valence-electron chi connectivity index (χ1n) is 6.69. The second-order valence-electron chi connectivity index (χ2n) is 5.12. The molecule has 2 N–H and O–H groups in total. The molecule has 2 amide bonds. The van der Waals surface area contributed by atoms with Gasteiger partial charge in [-0.1, -0.05) is 19.0 Å². The molecule has 0 bridgehead atoms. The second-order valence-corrected chi connectivity index (χ2v) is 5.12. The number of nitrogens with one attached hydrogen (secondary N) is 2. The number of urea groups is 1. The van der Waals surface area contributed by atoms with Crippen molar-refractivity contribution >= 4 is 11.7 Å². The maximum absolute atomic E-state index is 13.5. The Labute approximate surface area is 125 Å². The van der Waals surface area contributed by atoms with Crippen molar-refractivity contribution in [1.29, 1.82) is 0 Å². The molecule has 1 atom stereocenters. The Morgan fingerprint density at radius 3 is 2.59 bits per heavy atom. The fourth-order valence-corrected chi connectivity index (χ4v) is 1.84. The normalized spacial score (nSPS) is 12.3. The molecule has 0 unspecified atom stereocenters. The van der Waals surface area contributed by atoms with Crippen LogP contribution in [0.5, 0.6) is 0 Å². The van der Waals surface area contributed by atoms with E-state index in [4.69, 9.17) is 4.52 Å². The van der Waals surface area contributed by atoms with Crippen molar-refractivity contribution in [2.75, 3.05) is 5.32 Å². The molecule has 0 aliphatic heterocycles. The number of amides is 2. The van der Waals surface area contributed by atoms with Crippen LogP contribution in [0.3, 0.4) is 0 Å². The quantitative estimate of drug-likeness (QED) is 0.909. The van der Waals surface area contributed by atoms with E-state index >= 15 is 0 Å². The van der Waals surface area contributed by atoms with Crippen molar-refractivity contribution < 1.29 is 18.1 Å². The van der Waals surface area contributed by atoms with Crippen LogP contribution in [0, 0.1) is 24.5 Å². The molecule has 118 valence electrons. The fourth-order valence-electron chi connectivity index (χ4n) is 1.84. The average molecular weight is 310 g/mol. The highest BCUT2D eigenvalue weighted by molar-refractivity contribution is 5.89. The lowest BCUT2D eigenvalue weighted by atomic mass is 10.0. The van der Waals surface area contributed by atoms with Crippen LogP contribution in [0.25, 0.3) is 0 Å². The van der Waals surface area contributed by atoms with Crippen LogP contribution in [-0.2, 0) is 0 Å². The Balaban J connectivity index is 2.08. The largest absolute Gasteiger partial charge is 0.337 e. The van der Waals surface area contributed by atoms with E-state index in [2.05, 4.69) is 20.8 Å². The Morgan fingerprint density at radius 2 is 2.05 bits per heavy atom. The molecular weight excluding hydrogens is 294 g/mol. The Hall–Kier alpha value is -2.51.